The van der Waals surface area contributed by atoms with Crippen molar-refractivity contribution in [3.05, 3.63) is 35.5 Å². The summed E-state index contributed by atoms with van der Waals surface area (Å²) in [7, 11) is 2.08. The minimum atomic E-state index is -1.08. The second-order valence-corrected chi connectivity index (χ2v) is 7.09. The number of morpholine rings is 1. The fourth-order valence-corrected chi connectivity index (χ4v) is 3.63. The van der Waals surface area contributed by atoms with E-state index in [1.54, 1.807) is 12.1 Å². The maximum atomic E-state index is 10.8. The van der Waals surface area contributed by atoms with Crippen molar-refractivity contribution in [3.63, 3.8) is 0 Å². The number of nitrogens with zero attached hydrogens (tertiary/aromatic N) is 4. The van der Waals surface area contributed by atoms with Gasteiger partial charge in [-0.3, -0.25) is 10.2 Å². The third-order valence-electron chi connectivity index (χ3n) is 4.95. The van der Waals surface area contributed by atoms with Crippen molar-refractivity contribution >= 4 is 17.6 Å². The Morgan fingerprint density at radius 2 is 2.04 bits per heavy atom. The fourth-order valence-electron chi connectivity index (χ4n) is 3.63. The zero-order valence-electron chi connectivity index (χ0n) is 15.5. The molecule has 0 aliphatic carbocycles. The number of hydrogen-bond donors (Lipinski definition) is 2. The molecule has 1 aromatic carbocycles. The van der Waals surface area contributed by atoms with E-state index in [0.717, 1.165) is 36.7 Å². The minimum Gasteiger partial charge on any atom is -0.465 e. The molecule has 1 amide bonds. The molecule has 2 aliphatic heterocycles. The largest absolute Gasteiger partial charge is 0.465 e. The minimum absolute atomic E-state index is 0.263. The third-order valence-corrected chi connectivity index (χ3v) is 4.95. The molecule has 3 heterocycles. The first kappa shape index (κ1) is 17.7. The summed E-state index contributed by atoms with van der Waals surface area (Å²) in [6.07, 6.45) is -1.08. The number of fused-ring (bicyclic) bond motifs is 1. The lowest BCUT2D eigenvalue weighted by Crippen LogP contribution is -2.44. The molecule has 1 saturated heterocycles. The zero-order chi connectivity index (χ0) is 19.0. The number of hydrogen-bond acceptors (Lipinski definition) is 6. The van der Waals surface area contributed by atoms with E-state index >= 15 is 0 Å². The Bertz CT molecular complexity index is 855. The molecule has 142 valence electrons. The summed E-state index contributed by atoms with van der Waals surface area (Å²) < 4.78 is 5.58. The van der Waals surface area contributed by atoms with Gasteiger partial charge in [-0.05, 0) is 38.2 Å². The number of amides is 1. The highest BCUT2D eigenvalue weighted by atomic mass is 16.5. The molecule has 1 fully saturated rings. The van der Waals surface area contributed by atoms with E-state index < -0.39 is 6.09 Å². The van der Waals surface area contributed by atoms with E-state index in [9.17, 15) is 4.79 Å². The molecule has 0 spiro atoms. The van der Waals surface area contributed by atoms with Crippen LogP contribution in [-0.2, 0) is 17.8 Å². The van der Waals surface area contributed by atoms with Gasteiger partial charge in [-0.1, -0.05) is 0 Å². The molecule has 0 radical (unpaired) electrons. The summed E-state index contributed by atoms with van der Waals surface area (Å²) in [6, 6.07) is 7.40. The van der Waals surface area contributed by atoms with Crippen LogP contribution in [0.15, 0.2) is 24.3 Å². The van der Waals surface area contributed by atoms with Crippen LogP contribution in [0.2, 0.25) is 0 Å². The van der Waals surface area contributed by atoms with E-state index in [-0.39, 0.29) is 6.04 Å². The summed E-state index contributed by atoms with van der Waals surface area (Å²) in [5.74, 6) is 1.66. The Hall–Kier alpha value is -2.71. The van der Waals surface area contributed by atoms with Gasteiger partial charge in [0.2, 0.25) is 0 Å². The number of rotatable bonds is 3. The van der Waals surface area contributed by atoms with Gasteiger partial charge in [-0.25, -0.2) is 14.8 Å². The van der Waals surface area contributed by atoms with Crippen LogP contribution in [0.3, 0.4) is 0 Å². The van der Waals surface area contributed by atoms with E-state index in [0.29, 0.717) is 24.7 Å². The summed E-state index contributed by atoms with van der Waals surface area (Å²) in [5.41, 5.74) is 3.64. The van der Waals surface area contributed by atoms with Crippen LogP contribution in [0.5, 0.6) is 0 Å². The van der Waals surface area contributed by atoms with Crippen LogP contribution >= 0.6 is 0 Å². The van der Waals surface area contributed by atoms with Crippen molar-refractivity contribution in [2.45, 2.75) is 26.1 Å². The van der Waals surface area contributed by atoms with Gasteiger partial charge in [0.15, 0.2) is 5.82 Å². The van der Waals surface area contributed by atoms with E-state index in [1.165, 1.54) is 5.56 Å². The predicted octanol–water partition coefficient (Wildman–Crippen LogP) is 2.40. The lowest BCUT2D eigenvalue weighted by atomic mass is 10.1. The molecular weight excluding hydrogens is 346 g/mol. The Balaban J connectivity index is 1.72. The van der Waals surface area contributed by atoms with Gasteiger partial charge in [0.1, 0.15) is 5.82 Å². The summed E-state index contributed by atoms with van der Waals surface area (Å²) in [5, 5.41) is 11.2. The van der Waals surface area contributed by atoms with Gasteiger partial charge < -0.3 is 14.7 Å². The highest BCUT2D eigenvalue weighted by Crippen LogP contribution is 2.32. The highest BCUT2D eigenvalue weighted by Gasteiger charge is 2.29. The Kier molecular flexibility index (Phi) is 4.67. The molecule has 2 aliphatic rings. The molecule has 27 heavy (non-hydrogen) atoms. The maximum absolute atomic E-state index is 10.8. The summed E-state index contributed by atoms with van der Waals surface area (Å²) >= 11 is 0. The fraction of sp³-hybridized carbons (Fsp3) is 0.421. The third kappa shape index (κ3) is 3.58. The molecule has 0 saturated carbocycles. The van der Waals surface area contributed by atoms with Gasteiger partial charge in [0.05, 0.1) is 24.9 Å². The van der Waals surface area contributed by atoms with E-state index in [1.807, 2.05) is 12.1 Å². The average Bonchev–Trinajstić information content (AvgIpc) is 3.02. The molecule has 1 aromatic heterocycles. The number of nitrogens with one attached hydrogen (secondary N) is 1. The Morgan fingerprint density at radius 1 is 1.26 bits per heavy atom. The number of anilines is 2. The van der Waals surface area contributed by atoms with Gasteiger partial charge in [0, 0.05) is 36.4 Å². The number of ether oxygens (including phenoxy) is 1. The maximum Gasteiger partial charge on any atom is 0.409 e. The lowest BCUT2D eigenvalue weighted by molar-refractivity contribution is 0.0984. The van der Waals surface area contributed by atoms with Crippen molar-refractivity contribution in [2.75, 3.05) is 37.0 Å². The molecule has 0 bridgehead atoms. The molecule has 2 aromatic rings. The molecule has 1 atom stereocenters. The molecule has 8 heteroatoms. The monoisotopic (exact) mass is 369 g/mol. The van der Waals surface area contributed by atoms with Crippen LogP contribution in [-0.4, -0.2) is 58.9 Å². The molecule has 8 nitrogen and oxygen atoms in total. The number of aromatic nitrogens is 2. The first-order chi connectivity index (χ1) is 13.0. The standard InChI is InChI=1S/C19H23N5O3/c1-12-11-27-8-7-24(12)18-15-9-23(2)10-16(15)21-17(22-18)13-3-5-14(6-4-13)20-19(25)26/h3-6,12,20H,7-11H2,1-2H3,(H,25,26). The smallest absolute Gasteiger partial charge is 0.409 e. The van der Waals surface area contributed by atoms with Gasteiger partial charge in [-0.2, -0.15) is 0 Å². The SMILES string of the molecule is CC1COCCN1c1nc(-c2ccc(NC(=O)O)cc2)nc2c1CN(C)C2. The zero-order valence-corrected chi connectivity index (χ0v) is 15.5. The van der Waals surface area contributed by atoms with Crippen molar-refractivity contribution in [2.24, 2.45) is 0 Å². The summed E-state index contributed by atoms with van der Waals surface area (Å²) in [6.45, 7) is 6.00. The van der Waals surface area contributed by atoms with Crippen LogP contribution in [0.25, 0.3) is 11.4 Å². The van der Waals surface area contributed by atoms with E-state index in [2.05, 4.69) is 29.1 Å². The first-order valence-electron chi connectivity index (χ1n) is 9.04. The van der Waals surface area contributed by atoms with Gasteiger partial charge >= 0.3 is 6.09 Å². The number of carbonyl (C=O) groups is 1. The molecule has 4 rings (SSSR count). The molecule has 1 unspecified atom stereocenters. The topological polar surface area (TPSA) is 90.8 Å². The number of carboxylic acid groups (broad SMARTS) is 1. The molecule has 2 N–H and O–H groups in total. The second-order valence-electron chi connectivity index (χ2n) is 7.09. The first-order valence-corrected chi connectivity index (χ1v) is 9.04. The number of benzene rings is 1. The normalized spacial score (nSPS) is 19.8. The Labute approximate surface area is 157 Å². The van der Waals surface area contributed by atoms with Crippen molar-refractivity contribution in [3.8, 4) is 11.4 Å². The van der Waals surface area contributed by atoms with Crippen molar-refractivity contribution in [1.82, 2.24) is 14.9 Å². The van der Waals surface area contributed by atoms with Crippen LogP contribution in [0.1, 0.15) is 18.2 Å². The van der Waals surface area contributed by atoms with Crippen LogP contribution in [0.4, 0.5) is 16.3 Å². The van der Waals surface area contributed by atoms with Crippen LogP contribution < -0.4 is 10.2 Å². The average molecular weight is 369 g/mol. The lowest BCUT2D eigenvalue weighted by Gasteiger charge is -2.35. The van der Waals surface area contributed by atoms with Crippen molar-refractivity contribution < 1.29 is 14.6 Å². The van der Waals surface area contributed by atoms with Crippen molar-refractivity contribution in [1.29, 1.82) is 0 Å². The van der Waals surface area contributed by atoms with E-state index in [4.69, 9.17) is 19.8 Å². The van der Waals surface area contributed by atoms with Crippen LogP contribution in [0, 0.1) is 0 Å². The predicted molar refractivity (Wildman–Crippen MR) is 102 cm³/mol. The molecular formula is C19H23N5O3. The second kappa shape index (κ2) is 7.13. The quantitative estimate of drug-likeness (QED) is 0.858. The highest BCUT2D eigenvalue weighted by molar-refractivity contribution is 5.83. The van der Waals surface area contributed by atoms with Gasteiger partial charge in [-0.15, -0.1) is 0 Å². The Morgan fingerprint density at radius 3 is 2.74 bits per heavy atom. The summed E-state index contributed by atoms with van der Waals surface area (Å²) in [4.78, 5) is 25.0. The van der Waals surface area contributed by atoms with Gasteiger partial charge in [0.25, 0.3) is 0 Å².